The van der Waals surface area contributed by atoms with E-state index in [1.807, 2.05) is 54.7 Å². The fourth-order valence-corrected chi connectivity index (χ4v) is 1.42. The zero-order chi connectivity index (χ0) is 17.5. The van der Waals surface area contributed by atoms with Gasteiger partial charge in [0.2, 0.25) is 0 Å². The monoisotopic (exact) mass is 301 g/mol. The molecule has 0 radical (unpaired) electrons. The van der Waals surface area contributed by atoms with E-state index in [1.165, 1.54) is 32.1 Å². The third-order valence-corrected chi connectivity index (χ3v) is 2.39. The molecule has 0 aromatic heterocycles. The molecule has 0 saturated carbocycles. The molecule has 0 aliphatic rings. The van der Waals surface area contributed by atoms with Crippen LogP contribution in [-0.4, -0.2) is 18.3 Å². The number of hydrogen-bond donors (Lipinski definition) is 1. The summed E-state index contributed by atoms with van der Waals surface area (Å²) in [4.78, 5) is 0. The maximum atomic E-state index is 5.87. The van der Waals surface area contributed by atoms with Crippen LogP contribution in [0.4, 0.5) is 0 Å². The van der Waals surface area contributed by atoms with Gasteiger partial charge in [-0.25, -0.2) is 0 Å². The molecule has 0 spiro atoms. The van der Waals surface area contributed by atoms with Gasteiger partial charge in [-0.1, -0.05) is 74.1 Å². The normalized spacial score (nSPS) is 9.05. The molecule has 0 saturated heterocycles. The molecule has 0 aliphatic carbocycles. The molecule has 2 N–H and O–H groups in total. The predicted octanol–water partition coefficient (Wildman–Crippen LogP) is 6.16. The third kappa shape index (κ3) is 28.0. The minimum absolute atomic E-state index is 0.819. The SMILES string of the molecule is C=NN(/C=C(\N)CCCCCCC)CC.CC.CC.CC. The summed E-state index contributed by atoms with van der Waals surface area (Å²) in [6.07, 6.45) is 9.24. The first-order chi connectivity index (χ1) is 10.2. The van der Waals surface area contributed by atoms with Crippen molar-refractivity contribution in [2.24, 2.45) is 10.8 Å². The first-order valence-electron chi connectivity index (χ1n) is 8.94. The molecule has 0 aliphatic heterocycles. The van der Waals surface area contributed by atoms with Gasteiger partial charge in [0, 0.05) is 25.2 Å². The summed E-state index contributed by atoms with van der Waals surface area (Å²) in [5.74, 6) is 0. The number of rotatable bonds is 9. The Morgan fingerprint density at radius 3 is 1.81 bits per heavy atom. The van der Waals surface area contributed by atoms with Gasteiger partial charge in [-0.3, -0.25) is 5.01 Å². The van der Waals surface area contributed by atoms with E-state index in [-0.39, 0.29) is 0 Å². The molecular formula is C18H43N3. The molecule has 0 bridgehead atoms. The van der Waals surface area contributed by atoms with Crippen molar-refractivity contribution < 1.29 is 0 Å². The van der Waals surface area contributed by atoms with Crippen LogP contribution in [0.15, 0.2) is 17.0 Å². The minimum Gasteiger partial charge on any atom is -0.401 e. The number of nitrogens with zero attached hydrogens (tertiary/aromatic N) is 2. The van der Waals surface area contributed by atoms with Crippen LogP contribution >= 0.6 is 0 Å². The van der Waals surface area contributed by atoms with Gasteiger partial charge >= 0.3 is 0 Å². The van der Waals surface area contributed by atoms with Crippen molar-refractivity contribution in [3.05, 3.63) is 11.9 Å². The molecule has 0 heterocycles. The largest absolute Gasteiger partial charge is 0.401 e. The van der Waals surface area contributed by atoms with E-state index in [0.29, 0.717) is 0 Å². The Labute approximate surface area is 135 Å². The zero-order valence-corrected chi connectivity index (χ0v) is 16.2. The molecule has 0 atom stereocenters. The van der Waals surface area contributed by atoms with Crippen LogP contribution in [-0.2, 0) is 0 Å². The Morgan fingerprint density at radius 2 is 1.43 bits per heavy atom. The highest BCUT2D eigenvalue weighted by Gasteiger charge is 1.95. The van der Waals surface area contributed by atoms with Crippen molar-refractivity contribution in [3.63, 3.8) is 0 Å². The summed E-state index contributed by atoms with van der Waals surface area (Å²) in [5.41, 5.74) is 6.78. The Balaban J connectivity index is -0.000000212. The van der Waals surface area contributed by atoms with Gasteiger partial charge in [0.1, 0.15) is 0 Å². The van der Waals surface area contributed by atoms with Crippen molar-refractivity contribution in [2.45, 2.75) is 93.9 Å². The standard InChI is InChI=1S/C12H25N3.3C2H6/c1-4-6-7-8-9-10-12(13)11-15(5-2)14-3;3*1-2/h11H,3-10,13H2,1-2H3;3*1-2H3/b12-11-;;;. The third-order valence-electron chi connectivity index (χ3n) is 2.39. The van der Waals surface area contributed by atoms with E-state index in [4.69, 9.17) is 5.73 Å². The van der Waals surface area contributed by atoms with E-state index in [0.717, 1.165) is 18.7 Å². The molecule has 3 heteroatoms. The molecule has 3 nitrogen and oxygen atoms in total. The van der Waals surface area contributed by atoms with Crippen LogP contribution in [0, 0.1) is 0 Å². The highest BCUT2D eigenvalue weighted by Crippen LogP contribution is 2.08. The van der Waals surface area contributed by atoms with Crippen molar-refractivity contribution >= 4 is 6.72 Å². The molecule has 0 amide bonds. The predicted molar refractivity (Wildman–Crippen MR) is 102 cm³/mol. The van der Waals surface area contributed by atoms with Crippen molar-refractivity contribution in [1.82, 2.24) is 5.01 Å². The van der Waals surface area contributed by atoms with Crippen LogP contribution in [0.2, 0.25) is 0 Å². The molecule has 0 aromatic rings. The number of hydrazone groups is 1. The molecule has 0 rings (SSSR count). The quantitative estimate of drug-likeness (QED) is 0.314. The van der Waals surface area contributed by atoms with Crippen LogP contribution in [0.3, 0.4) is 0 Å². The highest BCUT2D eigenvalue weighted by atomic mass is 15.4. The van der Waals surface area contributed by atoms with Crippen molar-refractivity contribution in [3.8, 4) is 0 Å². The van der Waals surface area contributed by atoms with Crippen LogP contribution in [0.5, 0.6) is 0 Å². The average molecular weight is 302 g/mol. The summed E-state index contributed by atoms with van der Waals surface area (Å²) in [5, 5.41) is 5.60. The molecule has 0 aromatic carbocycles. The summed E-state index contributed by atoms with van der Waals surface area (Å²) in [7, 11) is 0. The maximum Gasteiger partial charge on any atom is 0.0419 e. The Bertz CT molecular complexity index is 189. The summed E-state index contributed by atoms with van der Waals surface area (Å²) in [6.45, 7) is 20.6. The Morgan fingerprint density at radius 1 is 0.952 bits per heavy atom. The molecule has 21 heavy (non-hydrogen) atoms. The van der Waals surface area contributed by atoms with Crippen LogP contribution in [0.25, 0.3) is 0 Å². The number of allylic oxidation sites excluding steroid dienone is 1. The lowest BCUT2D eigenvalue weighted by molar-refractivity contribution is 0.420. The number of nitrogens with two attached hydrogens (primary N) is 1. The summed E-state index contributed by atoms with van der Waals surface area (Å²) >= 11 is 0. The van der Waals surface area contributed by atoms with E-state index in [1.54, 1.807) is 5.01 Å². The Kier molecular flexibility index (Phi) is 42.2. The van der Waals surface area contributed by atoms with Gasteiger partial charge in [0.15, 0.2) is 0 Å². The first-order valence-corrected chi connectivity index (χ1v) is 8.94. The van der Waals surface area contributed by atoms with E-state index in [9.17, 15) is 0 Å². The Hall–Kier alpha value is -0.990. The maximum absolute atomic E-state index is 5.87. The van der Waals surface area contributed by atoms with Crippen LogP contribution in [0.1, 0.15) is 93.9 Å². The lowest BCUT2D eigenvalue weighted by Gasteiger charge is -2.11. The number of unbranched alkanes of at least 4 members (excludes halogenated alkanes) is 4. The lowest BCUT2D eigenvalue weighted by Crippen LogP contribution is -2.11. The van der Waals surface area contributed by atoms with Gasteiger partial charge in [0.05, 0.1) is 0 Å². The molecule has 0 fully saturated rings. The molecule has 0 unspecified atom stereocenters. The van der Waals surface area contributed by atoms with Gasteiger partial charge in [-0.15, -0.1) is 0 Å². The highest BCUT2D eigenvalue weighted by molar-refractivity contribution is 5.22. The number of hydrogen-bond acceptors (Lipinski definition) is 3. The van der Waals surface area contributed by atoms with Gasteiger partial charge < -0.3 is 5.73 Å². The fourth-order valence-electron chi connectivity index (χ4n) is 1.42. The van der Waals surface area contributed by atoms with Crippen molar-refractivity contribution in [1.29, 1.82) is 0 Å². The van der Waals surface area contributed by atoms with Crippen LogP contribution < -0.4 is 5.73 Å². The topological polar surface area (TPSA) is 41.6 Å². The van der Waals surface area contributed by atoms with E-state index in [2.05, 4.69) is 18.7 Å². The van der Waals surface area contributed by atoms with Gasteiger partial charge in [0.25, 0.3) is 0 Å². The molecular weight excluding hydrogens is 258 g/mol. The van der Waals surface area contributed by atoms with E-state index >= 15 is 0 Å². The lowest BCUT2D eigenvalue weighted by atomic mass is 10.1. The molecule has 130 valence electrons. The first kappa shape index (κ1) is 28.2. The van der Waals surface area contributed by atoms with Gasteiger partial charge in [-0.2, -0.15) is 5.10 Å². The summed E-state index contributed by atoms with van der Waals surface area (Å²) in [6, 6.07) is 0. The second kappa shape index (κ2) is 31.4. The second-order valence-electron chi connectivity index (χ2n) is 3.77. The van der Waals surface area contributed by atoms with Crippen molar-refractivity contribution in [2.75, 3.05) is 6.54 Å². The summed E-state index contributed by atoms with van der Waals surface area (Å²) < 4.78 is 0. The second-order valence-corrected chi connectivity index (χ2v) is 3.77. The fraction of sp³-hybridized carbons (Fsp3) is 0.833. The average Bonchev–Trinajstić information content (AvgIpc) is 2.58. The minimum atomic E-state index is 0.819. The van der Waals surface area contributed by atoms with E-state index < -0.39 is 0 Å². The zero-order valence-electron chi connectivity index (χ0n) is 16.2. The van der Waals surface area contributed by atoms with Gasteiger partial charge in [-0.05, 0) is 19.8 Å². The smallest absolute Gasteiger partial charge is 0.0419 e.